The maximum absolute atomic E-state index is 14.2. The molecule has 0 aliphatic heterocycles. The molecule has 2 aromatic heterocycles. The summed E-state index contributed by atoms with van der Waals surface area (Å²) in [6.07, 6.45) is 3.30. The molecule has 6 nitrogen and oxygen atoms in total. The van der Waals surface area contributed by atoms with Gasteiger partial charge in [0.2, 0.25) is 5.91 Å². The van der Waals surface area contributed by atoms with E-state index in [-0.39, 0.29) is 24.3 Å². The molecule has 0 fully saturated rings. The van der Waals surface area contributed by atoms with Crippen molar-refractivity contribution in [3.63, 3.8) is 0 Å². The van der Waals surface area contributed by atoms with Crippen molar-refractivity contribution in [2.75, 3.05) is 0 Å². The quantitative estimate of drug-likeness (QED) is 0.197. The minimum Gasteiger partial charge on any atom is -0.366 e. The molecule has 3 aromatic carbocycles. The second-order valence-corrected chi connectivity index (χ2v) is 10.2. The molecule has 40 heavy (non-hydrogen) atoms. The van der Waals surface area contributed by atoms with Gasteiger partial charge in [-0.1, -0.05) is 28.1 Å². The molecular formula is C30H22BrF3N4O2. The molecule has 2 heterocycles. The number of carbonyl (C=O) groups excluding carboxylic acids is 2. The molecule has 0 bridgehead atoms. The Kier molecular flexibility index (Phi) is 7.70. The number of primary amides is 1. The number of nitrogens with one attached hydrogen (secondary N) is 2. The molecule has 5 aromatic rings. The van der Waals surface area contributed by atoms with E-state index < -0.39 is 29.4 Å². The number of H-pyrrole nitrogens is 1. The number of halogens is 4. The van der Waals surface area contributed by atoms with E-state index in [4.69, 9.17) is 5.73 Å². The second kappa shape index (κ2) is 11.4. The highest BCUT2D eigenvalue weighted by Crippen LogP contribution is 2.31. The summed E-state index contributed by atoms with van der Waals surface area (Å²) in [5.41, 5.74) is 8.25. The van der Waals surface area contributed by atoms with Crippen LogP contribution in [0.15, 0.2) is 83.6 Å². The van der Waals surface area contributed by atoms with Crippen molar-refractivity contribution in [2.24, 2.45) is 5.73 Å². The summed E-state index contributed by atoms with van der Waals surface area (Å²) >= 11 is 3.45. The number of amides is 2. The molecule has 0 aliphatic rings. The molecule has 5 rings (SSSR count). The Morgan fingerprint density at radius 1 is 1.00 bits per heavy atom. The van der Waals surface area contributed by atoms with Crippen LogP contribution in [0.4, 0.5) is 13.2 Å². The van der Waals surface area contributed by atoms with Crippen LogP contribution in [0.25, 0.3) is 22.0 Å². The average Bonchev–Trinajstić information content (AvgIpc) is 3.29. The van der Waals surface area contributed by atoms with Crippen LogP contribution in [-0.2, 0) is 17.6 Å². The number of pyridine rings is 1. The van der Waals surface area contributed by atoms with E-state index in [0.29, 0.717) is 22.4 Å². The molecule has 202 valence electrons. The largest absolute Gasteiger partial charge is 0.366 e. The number of rotatable bonds is 8. The van der Waals surface area contributed by atoms with Crippen molar-refractivity contribution in [3.05, 3.63) is 123 Å². The van der Waals surface area contributed by atoms with Gasteiger partial charge in [-0.15, -0.1) is 0 Å². The van der Waals surface area contributed by atoms with Gasteiger partial charge in [0.1, 0.15) is 17.5 Å². The lowest BCUT2D eigenvalue weighted by Gasteiger charge is -2.22. The molecule has 0 unspecified atom stereocenters. The number of aromatic amines is 1. The third-order valence-electron chi connectivity index (χ3n) is 6.49. The molecule has 2 amide bonds. The first kappa shape index (κ1) is 27.1. The second-order valence-electron chi connectivity index (χ2n) is 9.28. The van der Waals surface area contributed by atoms with Gasteiger partial charge in [-0.05, 0) is 71.6 Å². The maximum Gasteiger partial charge on any atom is 0.251 e. The minimum absolute atomic E-state index is 0.00768. The van der Waals surface area contributed by atoms with Gasteiger partial charge in [0.05, 0.1) is 23.7 Å². The van der Waals surface area contributed by atoms with Gasteiger partial charge in [-0.3, -0.25) is 14.6 Å². The minimum atomic E-state index is -0.935. The van der Waals surface area contributed by atoms with Crippen LogP contribution in [-0.4, -0.2) is 21.8 Å². The molecule has 0 aliphatic carbocycles. The summed E-state index contributed by atoms with van der Waals surface area (Å²) < 4.78 is 43.2. The monoisotopic (exact) mass is 606 g/mol. The van der Waals surface area contributed by atoms with E-state index >= 15 is 0 Å². The van der Waals surface area contributed by atoms with Crippen molar-refractivity contribution in [1.82, 2.24) is 15.3 Å². The summed E-state index contributed by atoms with van der Waals surface area (Å²) in [6.45, 7) is 0. The van der Waals surface area contributed by atoms with Crippen molar-refractivity contribution < 1.29 is 22.8 Å². The third-order valence-corrected chi connectivity index (χ3v) is 6.98. The maximum atomic E-state index is 14.2. The molecular weight excluding hydrogens is 585 g/mol. The zero-order chi connectivity index (χ0) is 28.4. The zero-order valence-corrected chi connectivity index (χ0v) is 22.4. The lowest BCUT2D eigenvalue weighted by atomic mass is 9.94. The lowest BCUT2D eigenvalue weighted by molar-refractivity contribution is -0.121. The number of hydrogen-bond acceptors (Lipinski definition) is 3. The van der Waals surface area contributed by atoms with E-state index in [1.54, 1.807) is 18.3 Å². The summed E-state index contributed by atoms with van der Waals surface area (Å²) in [4.78, 5) is 32.8. The normalized spacial score (nSPS) is 11.9. The molecule has 10 heteroatoms. The summed E-state index contributed by atoms with van der Waals surface area (Å²) in [5.74, 6) is -3.57. The van der Waals surface area contributed by atoms with Crippen LogP contribution >= 0.6 is 15.9 Å². The zero-order valence-electron chi connectivity index (χ0n) is 20.9. The Hall–Kier alpha value is -4.44. The fraction of sp³-hybridized carbons (Fsp3) is 0.100. The van der Waals surface area contributed by atoms with Gasteiger partial charge in [-0.2, -0.15) is 0 Å². The van der Waals surface area contributed by atoms with E-state index in [0.717, 1.165) is 33.1 Å². The number of benzene rings is 3. The number of hydrogen-bond donors (Lipinski definition) is 3. The molecule has 0 saturated heterocycles. The van der Waals surface area contributed by atoms with E-state index in [2.05, 4.69) is 31.2 Å². The highest BCUT2D eigenvalue weighted by atomic mass is 79.9. The summed E-state index contributed by atoms with van der Waals surface area (Å²) in [5, 5.41) is 3.83. The van der Waals surface area contributed by atoms with Gasteiger partial charge >= 0.3 is 0 Å². The first-order valence-electron chi connectivity index (χ1n) is 12.2. The Bertz CT molecular complexity index is 1730. The number of nitrogens with zero attached hydrogens (tertiary/aromatic N) is 1. The molecule has 0 spiro atoms. The van der Waals surface area contributed by atoms with E-state index in [1.807, 2.05) is 18.2 Å². The summed E-state index contributed by atoms with van der Waals surface area (Å²) in [6, 6.07) is 15.2. The van der Waals surface area contributed by atoms with Gasteiger partial charge < -0.3 is 16.0 Å². The standard InChI is InChI=1S/C30H22BrF3N4O2/c31-19-4-6-26-23(13-19)18(15-37-26)12-28(39)38-27(10-16-8-20(32)14-21(33)9-16)29-22(2-1-7-36-29)17-3-5-25(34)24(11-17)30(35)40/h1-9,11,13-15,27,37H,10,12H2,(H2,35,40)(H,38,39)/t27-/m0/s1. The van der Waals surface area contributed by atoms with Gasteiger partial charge in [0, 0.05) is 39.4 Å². The van der Waals surface area contributed by atoms with Gasteiger partial charge in [0.25, 0.3) is 5.91 Å². The van der Waals surface area contributed by atoms with Crippen LogP contribution < -0.4 is 11.1 Å². The predicted molar refractivity (Wildman–Crippen MR) is 149 cm³/mol. The average molecular weight is 607 g/mol. The predicted octanol–water partition coefficient (Wildman–Crippen LogP) is 6.15. The van der Waals surface area contributed by atoms with Crippen LogP contribution in [0, 0.1) is 17.5 Å². The first-order chi connectivity index (χ1) is 19.2. The van der Waals surface area contributed by atoms with Crippen LogP contribution in [0.1, 0.15) is 33.2 Å². The number of carbonyl (C=O) groups is 2. The Labute approximate surface area is 235 Å². The molecule has 0 saturated carbocycles. The molecule has 4 N–H and O–H groups in total. The Morgan fingerprint density at radius 3 is 2.52 bits per heavy atom. The fourth-order valence-electron chi connectivity index (χ4n) is 4.72. The number of fused-ring (bicyclic) bond motifs is 1. The highest BCUT2D eigenvalue weighted by molar-refractivity contribution is 9.10. The van der Waals surface area contributed by atoms with Gasteiger partial charge in [-0.25, -0.2) is 13.2 Å². The number of aromatic nitrogens is 2. The fourth-order valence-corrected chi connectivity index (χ4v) is 5.08. The third kappa shape index (κ3) is 5.91. The van der Waals surface area contributed by atoms with Crippen LogP contribution in [0.5, 0.6) is 0 Å². The van der Waals surface area contributed by atoms with E-state index in [9.17, 15) is 22.8 Å². The summed E-state index contributed by atoms with van der Waals surface area (Å²) in [7, 11) is 0. The van der Waals surface area contributed by atoms with Gasteiger partial charge in [0.15, 0.2) is 0 Å². The van der Waals surface area contributed by atoms with Crippen molar-refractivity contribution in [3.8, 4) is 11.1 Å². The molecule has 0 radical (unpaired) electrons. The number of nitrogens with two attached hydrogens (primary N) is 1. The van der Waals surface area contributed by atoms with Crippen LogP contribution in [0.2, 0.25) is 0 Å². The molecule has 1 atom stereocenters. The van der Waals surface area contributed by atoms with E-state index in [1.165, 1.54) is 30.5 Å². The first-order valence-corrected chi connectivity index (χ1v) is 13.0. The SMILES string of the molecule is NC(=O)c1cc(-c2cccnc2[C@H](Cc2cc(F)cc(F)c2)NC(=O)Cc2c[nH]c3ccc(Br)cc23)ccc1F. The van der Waals surface area contributed by atoms with Crippen molar-refractivity contribution >= 4 is 38.6 Å². The smallest absolute Gasteiger partial charge is 0.251 e. The Morgan fingerprint density at radius 2 is 1.77 bits per heavy atom. The lowest BCUT2D eigenvalue weighted by Crippen LogP contribution is -2.32. The van der Waals surface area contributed by atoms with Crippen molar-refractivity contribution in [1.29, 1.82) is 0 Å². The Balaban J connectivity index is 1.53. The highest BCUT2D eigenvalue weighted by Gasteiger charge is 2.23. The topological polar surface area (TPSA) is 101 Å². The van der Waals surface area contributed by atoms with Crippen molar-refractivity contribution in [2.45, 2.75) is 18.9 Å². The van der Waals surface area contributed by atoms with Crippen LogP contribution in [0.3, 0.4) is 0 Å².